The van der Waals surface area contributed by atoms with E-state index in [9.17, 15) is 9.59 Å². The molecule has 3 N–H and O–H groups in total. The third-order valence-electron chi connectivity index (χ3n) is 6.45. The van der Waals surface area contributed by atoms with E-state index in [-0.39, 0.29) is 11.9 Å². The van der Waals surface area contributed by atoms with Crippen LogP contribution in [0.3, 0.4) is 0 Å². The fraction of sp³-hybridized carbons (Fsp3) is 0.250. The second kappa shape index (κ2) is 11.0. The molecular weight excluding hydrogens is 452 g/mol. The number of nitrogens with one attached hydrogen (secondary N) is 3. The molecule has 0 unspecified atom stereocenters. The van der Waals surface area contributed by atoms with Crippen LogP contribution in [0.2, 0.25) is 0 Å². The Labute approximate surface area is 210 Å². The molecule has 1 aliphatic heterocycles. The number of anilines is 1. The van der Waals surface area contributed by atoms with Crippen molar-refractivity contribution in [2.24, 2.45) is 0 Å². The molecule has 1 saturated heterocycles. The van der Waals surface area contributed by atoms with Gasteiger partial charge >= 0.3 is 6.03 Å². The molecule has 3 amide bonds. The summed E-state index contributed by atoms with van der Waals surface area (Å²) in [5, 5.41) is 9.67. The maximum absolute atomic E-state index is 13.0. The van der Waals surface area contributed by atoms with Gasteiger partial charge in [-0.25, -0.2) is 4.79 Å². The Kier molecular flexibility index (Phi) is 7.23. The number of hydrogen-bond acceptors (Lipinski definition) is 4. The van der Waals surface area contributed by atoms with E-state index < -0.39 is 0 Å². The summed E-state index contributed by atoms with van der Waals surface area (Å²) >= 11 is 0. The molecule has 0 atom stereocenters. The van der Waals surface area contributed by atoms with Crippen LogP contribution in [0.25, 0.3) is 16.6 Å². The Balaban J connectivity index is 1.25. The van der Waals surface area contributed by atoms with Gasteiger partial charge in [-0.05, 0) is 67.9 Å². The van der Waals surface area contributed by atoms with E-state index in [1.807, 2.05) is 71.4 Å². The number of amides is 3. The molecule has 0 radical (unpaired) electrons. The van der Waals surface area contributed by atoms with E-state index in [4.69, 9.17) is 0 Å². The number of para-hydroxylation sites is 1. The van der Waals surface area contributed by atoms with Crippen molar-refractivity contribution in [3.8, 4) is 5.69 Å². The number of nitrogens with zero attached hydrogens (tertiary/aromatic N) is 3. The third kappa shape index (κ3) is 5.55. The van der Waals surface area contributed by atoms with Gasteiger partial charge in [-0.3, -0.25) is 9.78 Å². The van der Waals surface area contributed by atoms with Crippen LogP contribution in [0.5, 0.6) is 0 Å². The van der Waals surface area contributed by atoms with Gasteiger partial charge in [-0.15, -0.1) is 0 Å². The molecular formula is C28H30N6O2. The molecule has 0 aliphatic carbocycles. The first-order valence-corrected chi connectivity index (χ1v) is 12.3. The zero-order chi connectivity index (χ0) is 24.7. The Morgan fingerprint density at radius 1 is 0.917 bits per heavy atom. The topological polar surface area (TPSA) is 91.3 Å². The number of likely N-dealkylation sites (tertiary alicyclic amines) is 1. The summed E-state index contributed by atoms with van der Waals surface area (Å²) in [5.41, 5.74) is 4.13. The van der Waals surface area contributed by atoms with Crippen molar-refractivity contribution in [1.82, 2.24) is 25.1 Å². The molecule has 184 valence electrons. The van der Waals surface area contributed by atoms with Gasteiger partial charge in [0.15, 0.2) is 0 Å². The summed E-state index contributed by atoms with van der Waals surface area (Å²) in [4.78, 5) is 31.7. The first-order chi connectivity index (χ1) is 17.7. The van der Waals surface area contributed by atoms with Crippen molar-refractivity contribution in [1.29, 1.82) is 0 Å². The zero-order valence-electron chi connectivity index (χ0n) is 20.1. The summed E-state index contributed by atoms with van der Waals surface area (Å²) in [7, 11) is 0. The van der Waals surface area contributed by atoms with Gasteiger partial charge in [0.2, 0.25) is 0 Å². The molecule has 1 fully saturated rings. The lowest BCUT2D eigenvalue weighted by molar-refractivity contribution is 0.0951. The van der Waals surface area contributed by atoms with Crippen LogP contribution in [0.15, 0.2) is 79.3 Å². The van der Waals surface area contributed by atoms with Gasteiger partial charge in [0.25, 0.3) is 5.91 Å². The minimum Gasteiger partial charge on any atom is -0.351 e. The van der Waals surface area contributed by atoms with Crippen LogP contribution >= 0.6 is 0 Å². The Morgan fingerprint density at radius 3 is 2.50 bits per heavy atom. The van der Waals surface area contributed by atoms with Gasteiger partial charge in [-0.1, -0.05) is 24.3 Å². The highest BCUT2D eigenvalue weighted by Crippen LogP contribution is 2.25. The fourth-order valence-electron chi connectivity index (χ4n) is 4.57. The summed E-state index contributed by atoms with van der Waals surface area (Å²) < 4.78 is 2.01. The van der Waals surface area contributed by atoms with Crippen LogP contribution in [0, 0.1) is 0 Å². The van der Waals surface area contributed by atoms with Crippen molar-refractivity contribution in [2.45, 2.75) is 19.4 Å². The van der Waals surface area contributed by atoms with Crippen LogP contribution in [-0.2, 0) is 6.54 Å². The van der Waals surface area contributed by atoms with Crippen molar-refractivity contribution in [2.75, 3.05) is 31.5 Å². The second-order valence-corrected chi connectivity index (χ2v) is 8.95. The third-order valence-corrected chi connectivity index (χ3v) is 6.45. The van der Waals surface area contributed by atoms with E-state index in [1.54, 1.807) is 12.4 Å². The monoisotopic (exact) mass is 482 g/mol. The number of aromatic nitrogens is 2. The maximum Gasteiger partial charge on any atom is 0.319 e. The minimum atomic E-state index is -0.286. The number of rotatable bonds is 8. The van der Waals surface area contributed by atoms with E-state index >= 15 is 0 Å². The number of urea groups is 1. The predicted molar refractivity (Wildman–Crippen MR) is 141 cm³/mol. The maximum atomic E-state index is 13.0. The van der Waals surface area contributed by atoms with E-state index in [2.05, 4.69) is 25.8 Å². The molecule has 36 heavy (non-hydrogen) atoms. The number of benzene rings is 2. The molecule has 8 heteroatoms. The van der Waals surface area contributed by atoms with E-state index in [0.29, 0.717) is 24.3 Å². The lowest BCUT2D eigenvalue weighted by Crippen LogP contribution is -2.33. The molecule has 2 aromatic carbocycles. The lowest BCUT2D eigenvalue weighted by Gasteiger charge is -2.14. The minimum absolute atomic E-state index is 0.0623. The van der Waals surface area contributed by atoms with Crippen molar-refractivity contribution < 1.29 is 9.59 Å². The smallest absolute Gasteiger partial charge is 0.319 e. The summed E-state index contributed by atoms with van der Waals surface area (Å²) in [5.74, 6) is -0.0623. The Morgan fingerprint density at radius 2 is 1.72 bits per heavy atom. The second-order valence-electron chi connectivity index (χ2n) is 8.95. The summed E-state index contributed by atoms with van der Waals surface area (Å²) in [6.45, 7) is 4.16. The standard InChI is InChI=1S/C28H30N6O2/c35-27(30-14-17-33-15-3-4-16-33)25-20-34(26-8-2-1-7-24(25)26)23-11-9-22(10-12-23)32-28(36)31-19-21-6-5-13-29-18-21/h1-2,5-13,18,20H,3-4,14-17,19H2,(H,30,35)(H2,31,32,36). The highest BCUT2D eigenvalue weighted by molar-refractivity contribution is 6.07. The summed E-state index contributed by atoms with van der Waals surface area (Å²) in [6, 6.07) is 18.9. The molecule has 2 aromatic heterocycles. The molecule has 0 bridgehead atoms. The highest BCUT2D eigenvalue weighted by atomic mass is 16.2. The van der Waals surface area contributed by atoms with Crippen molar-refractivity contribution in [3.63, 3.8) is 0 Å². The number of carbonyl (C=O) groups excluding carboxylic acids is 2. The zero-order valence-corrected chi connectivity index (χ0v) is 20.1. The number of pyridine rings is 1. The quantitative estimate of drug-likeness (QED) is 0.352. The van der Waals surface area contributed by atoms with Gasteiger partial charge in [0.1, 0.15) is 0 Å². The van der Waals surface area contributed by atoms with Gasteiger partial charge < -0.3 is 25.4 Å². The average Bonchev–Trinajstić information content (AvgIpc) is 3.57. The number of hydrogen-bond donors (Lipinski definition) is 3. The average molecular weight is 483 g/mol. The molecule has 0 saturated carbocycles. The van der Waals surface area contributed by atoms with E-state index in [0.717, 1.165) is 41.8 Å². The molecule has 8 nitrogen and oxygen atoms in total. The molecule has 1 aliphatic rings. The van der Waals surface area contributed by atoms with Crippen LogP contribution < -0.4 is 16.0 Å². The Hall–Kier alpha value is -4.17. The normalized spacial score (nSPS) is 13.6. The first-order valence-electron chi connectivity index (χ1n) is 12.3. The fourth-order valence-corrected chi connectivity index (χ4v) is 4.57. The molecule has 5 rings (SSSR count). The SMILES string of the molecule is O=C(NCc1cccnc1)Nc1ccc(-n2cc(C(=O)NCCN3CCCC3)c3ccccc32)cc1. The number of fused-ring (bicyclic) bond motifs is 1. The van der Waals surface area contributed by atoms with Crippen molar-refractivity contribution >= 4 is 28.5 Å². The van der Waals surface area contributed by atoms with Gasteiger partial charge in [0, 0.05) is 55.0 Å². The largest absolute Gasteiger partial charge is 0.351 e. The molecule has 4 aromatic rings. The van der Waals surface area contributed by atoms with Crippen LogP contribution in [-0.4, -0.2) is 52.6 Å². The first kappa shape index (κ1) is 23.6. The molecule has 3 heterocycles. The van der Waals surface area contributed by atoms with Crippen LogP contribution in [0.1, 0.15) is 28.8 Å². The van der Waals surface area contributed by atoms with Gasteiger partial charge in [-0.2, -0.15) is 0 Å². The van der Waals surface area contributed by atoms with E-state index in [1.165, 1.54) is 12.8 Å². The summed E-state index contributed by atoms with van der Waals surface area (Å²) in [6.07, 6.45) is 7.79. The lowest BCUT2D eigenvalue weighted by atomic mass is 10.1. The van der Waals surface area contributed by atoms with Gasteiger partial charge in [0.05, 0.1) is 11.1 Å². The highest BCUT2D eigenvalue weighted by Gasteiger charge is 2.17. The number of carbonyl (C=O) groups is 2. The molecule has 0 spiro atoms. The predicted octanol–water partition coefficient (Wildman–Crippen LogP) is 4.17. The van der Waals surface area contributed by atoms with Crippen molar-refractivity contribution in [3.05, 3.63) is 90.4 Å². The van der Waals surface area contributed by atoms with Crippen LogP contribution in [0.4, 0.5) is 10.5 Å². The Bertz CT molecular complexity index is 1330.